The summed E-state index contributed by atoms with van der Waals surface area (Å²) in [6, 6.07) is 1.75. The van der Waals surface area contributed by atoms with Gasteiger partial charge in [-0.3, -0.25) is 4.79 Å². The first-order valence-corrected chi connectivity index (χ1v) is 5.95. The summed E-state index contributed by atoms with van der Waals surface area (Å²) >= 11 is 0. The van der Waals surface area contributed by atoms with Crippen LogP contribution in [0.3, 0.4) is 0 Å². The Hall–Kier alpha value is -1.36. The lowest BCUT2D eigenvalue weighted by molar-refractivity contribution is 0.0725. The van der Waals surface area contributed by atoms with Crippen molar-refractivity contribution in [3.63, 3.8) is 0 Å². The Morgan fingerprint density at radius 2 is 2.06 bits per heavy atom. The Morgan fingerprint density at radius 1 is 1.41 bits per heavy atom. The monoisotopic (exact) mass is 237 g/mol. The first-order chi connectivity index (χ1) is 7.98. The van der Waals surface area contributed by atoms with Gasteiger partial charge in [0.05, 0.1) is 0 Å². The smallest absolute Gasteiger partial charge is 0.276 e. The number of aromatic nitrogens is 1. The van der Waals surface area contributed by atoms with Crippen LogP contribution in [0, 0.1) is 0 Å². The molecule has 0 aliphatic carbocycles. The van der Waals surface area contributed by atoms with Crippen molar-refractivity contribution in [3.8, 4) is 0 Å². The molecule has 1 aliphatic rings. The molecule has 5 heteroatoms. The van der Waals surface area contributed by atoms with E-state index in [4.69, 9.17) is 4.52 Å². The standard InChI is InChI=1S/C12H19N3O2/c1-12(2,3)10-8-9(14-17-10)11(16)15-6-4-13-5-7-15/h8,13H,4-7H2,1-3H3. The Bertz CT molecular complexity index is 400. The highest BCUT2D eigenvalue weighted by atomic mass is 16.5. The molecular weight excluding hydrogens is 218 g/mol. The van der Waals surface area contributed by atoms with E-state index in [0.717, 1.165) is 31.9 Å². The number of amides is 1. The van der Waals surface area contributed by atoms with Crippen LogP contribution in [0.1, 0.15) is 37.0 Å². The average molecular weight is 237 g/mol. The molecule has 1 aromatic heterocycles. The minimum atomic E-state index is -0.116. The second-order valence-corrected chi connectivity index (χ2v) is 5.37. The maximum absolute atomic E-state index is 12.1. The molecule has 0 spiro atoms. The van der Waals surface area contributed by atoms with Crippen molar-refractivity contribution in [3.05, 3.63) is 17.5 Å². The Kier molecular flexibility index (Phi) is 3.19. The molecule has 0 saturated carbocycles. The van der Waals surface area contributed by atoms with Gasteiger partial charge in [0.2, 0.25) is 0 Å². The van der Waals surface area contributed by atoms with Gasteiger partial charge in [0.15, 0.2) is 5.69 Å². The molecule has 94 valence electrons. The van der Waals surface area contributed by atoms with Crippen LogP contribution in [-0.2, 0) is 5.41 Å². The highest BCUT2D eigenvalue weighted by Crippen LogP contribution is 2.23. The molecule has 1 amide bonds. The van der Waals surface area contributed by atoms with E-state index in [0.29, 0.717) is 5.69 Å². The largest absolute Gasteiger partial charge is 0.360 e. The molecular formula is C12H19N3O2. The fourth-order valence-corrected chi connectivity index (χ4v) is 1.76. The first-order valence-electron chi connectivity index (χ1n) is 5.95. The number of nitrogens with zero attached hydrogens (tertiary/aromatic N) is 2. The van der Waals surface area contributed by atoms with Gasteiger partial charge in [-0.25, -0.2) is 0 Å². The van der Waals surface area contributed by atoms with E-state index >= 15 is 0 Å². The van der Waals surface area contributed by atoms with Crippen molar-refractivity contribution in [1.29, 1.82) is 0 Å². The number of carbonyl (C=O) groups excluding carboxylic acids is 1. The molecule has 2 rings (SSSR count). The molecule has 0 aromatic carbocycles. The lowest BCUT2D eigenvalue weighted by atomic mass is 9.93. The summed E-state index contributed by atoms with van der Waals surface area (Å²) in [5, 5.41) is 7.08. The molecule has 1 N–H and O–H groups in total. The maximum Gasteiger partial charge on any atom is 0.276 e. The SMILES string of the molecule is CC(C)(C)c1cc(C(=O)N2CCNCC2)no1. The Balaban J connectivity index is 2.11. The van der Waals surface area contributed by atoms with Crippen molar-refractivity contribution < 1.29 is 9.32 Å². The first kappa shape index (κ1) is 12.1. The van der Waals surface area contributed by atoms with Gasteiger partial charge in [0.25, 0.3) is 5.91 Å². The van der Waals surface area contributed by atoms with E-state index < -0.39 is 0 Å². The number of rotatable bonds is 1. The van der Waals surface area contributed by atoms with Gasteiger partial charge in [-0.15, -0.1) is 0 Å². The second kappa shape index (κ2) is 4.49. The predicted molar refractivity (Wildman–Crippen MR) is 64.0 cm³/mol. The molecule has 0 atom stereocenters. The van der Waals surface area contributed by atoms with Crippen molar-refractivity contribution in [2.75, 3.05) is 26.2 Å². The van der Waals surface area contributed by atoms with Crippen LogP contribution in [0.4, 0.5) is 0 Å². The van der Waals surface area contributed by atoms with Gasteiger partial charge < -0.3 is 14.7 Å². The molecule has 0 unspecified atom stereocenters. The molecule has 0 radical (unpaired) electrons. The third-order valence-electron chi connectivity index (χ3n) is 2.87. The Labute approximate surface area is 101 Å². The van der Waals surface area contributed by atoms with Crippen LogP contribution in [-0.4, -0.2) is 42.1 Å². The lowest BCUT2D eigenvalue weighted by Gasteiger charge is -2.26. The average Bonchev–Trinajstić information content (AvgIpc) is 2.78. The normalized spacial score (nSPS) is 17.2. The molecule has 17 heavy (non-hydrogen) atoms. The highest BCUT2D eigenvalue weighted by Gasteiger charge is 2.25. The van der Waals surface area contributed by atoms with Crippen LogP contribution >= 0.6 is 0 Å². The maximum atomic E-state index is 12.1. The number of hydrogen-bond acceptors (Lipinski definition) is 4. The van der Waals surface area contributed by atoms with Crippen molar-refractivity contribution >= 4 is 5.91 Å². The summed E-state index contributed by atoms with van der Waals surface area (Å²) in [6.45, 7) is 9.25. The van der Waals surface area contributed by atoms with E-state index in [2.05, 4.69) is 10.5 Å². The van der Waals surface area contributed by atoms with Crippen molar-refractivity contribution in [1.82, 2.24) is 15.4 Å². The molecule has 1 aromatic rings. The van der Waals surface area contributed by atoms with E-state index in [9.17, 15) is 4.79 Å². The highest BCUT2D eigenvalue weighted by molar-refractivity contribution is 5.92. The van der Waals surface area contributed by atoms with Crippen LogP contribution in [0.25, 0.3) is 0 Å². The summed E-state index contributed by atoms with van der Waals surface area (Å²) in [6.07, 6.45) is 0. The Morgan fingerprint density at radius 3 is 2.59 bits per heavy atom. The summed E-state index contributed by atoms with van der Waals surface area (Å²) in [5.74, 6) is 0.710. The summed E-state index contributed by atoms with van der Waals surface area (Å²) in [7, 11) is 0. The zero-order valence-corrected chi connectivity index (χ0v) is 10.6. The van der Waals surface area contributed by atoms with Crippen molar-refractivity contribution in [2.45, 2.75) is 26.2 Å². The van der Waals surface area contributed by atoms with Crippen LogP contribution in [0.5, 0.6) is 0 Å². The predicted octanol–water partition coefficient (Wildman–Crippen LogP) is 1.02. The van der Waals surface area contributed by atoms with Gasteiger partial charge in [-0.2, -0.15) is 0 Å². The quantitative estimate of drug-likeness (QED) is 0.792. The van der Waals surface area contributed by atoms with Gasteiger partial charge in [-0.1, -0.05) is 25.9 Å². The van der Waals surface area contributed by atoms with Gasteiger partial charge >= 0.3 is 0 Å². The molecule has 1 fully saturated rings. The van der Waals surface area contributed by atoms with E-state index in [1.54, 1.807) is 11.0 Å². The molecule has 1 saturated heterocycles. The minimum absolute atomic E-state index is 0.0363. The third kappa shape index (κ3) is 2.66. The van der Waals surface area contributed by atoms with Gasteiger partial charge in [-0.05, 0) is 0 Å². The number of carbonyl (C=O) groups is 1. The fourth-order valence-electron chi connectivity index (χ4n) is 1.76. The molecule has 1 aliphatic heterocycles. The summed E-state index contributed by atoms with van der Waals surface area (Å²) in [4.78, 5) is 13.9. The number of hydrogen-bond donors (Lipinski definition) is 1. The fraction of sp³-hybridized carbons (Fsp3) is 0.667. The van der Waals surface area contributed by atoms with Crippen LogP contribution in [0.15, 0.2) is 10.6 Å². The van der Waals surface area contributed by atoms with Crippen LogP contribution in [0.2, 0.25) is 0 Å². The second-order valence-electron chi connectivity index (χ2n) is 5.37. The molecule has 2 heterocycles. The summed E-state index contributed by atoms with van der Waals surface area (Å²) < 4.78 is 5.23. The molecule has 0 bridgehead atoms. The van der Waals surface area contributed by atoms with Gasteiger partial charge in [0.1, 0.15) is 5.76 Å². The zero-order chi connectivity index (χ0) is 12.5. The van der Waals surface area contributed by atoms with Gasteiger partial charge in [0, 0.05) is 37.7 Å². The molecule has 5 nitrogen and oxygen atoms in total. The topological polar surface area (TPSA) is 58.4 Å². The van der Waals surface area contributed by atoms with Crippen molar-refractivity contribution in [2.24, 2.45) is 0 Å². The summed E-state index contributed by atoms with van der Waals surface area (Å²) in [5.41, 5.74) is 0.298. The van der Waals surface area contributed by atoms with E-state index in [-0.39, 0.29) is 11.3 Å². The zero-order valence-electron chi connectivity index (χ0n) is 10.6. The van der Waals surface area contributed by atoms with E-state index in [1.165, 1.54) is 0 Å². The van der Waals surface area contributed by atoms with E-state index in [1.807, 2.05) is 20.8 Å². The lowest BCUT2D eigenvalue weighted by Crippen LogP contribution is -2.46. The number of nitrogens with one attached hydrogen (secondary N) is 1. The number of piperazine rings is 1. The third-order valence-corrected chi connectivity index (χ3v) is 2.87. The minimum Gasteiger partial charge on any atom is -0.360 e. The van der Waals surface area contributed by atoms with Crippen LogP contribution < -0.4 is 5.32 Å².